The van der Waals surface area contributed by atoms with Crippen LogP contribution in [-0.2, 0) is 0 Å². The number of anilines is 1. The second-order valence-electron chi connectivity index (χ2n) is 4.18. The average Bonchev–Trinajstić information content (AvgIpc) is 2.87. The Balaban J connectivity index is 2.03. The van der Waals surface area contributed by atoms with Gasteiger partial charge in [-0.25, -0.2) is 0 Å². The topological polar surface area (TPSA) is 58.5 Å². The molecule has 86 valence electrons. The Morgan fingerprint density at radius 2 is 2.19 bits per heavy atom. The van der Waals surface area contributed by atoms with Gasteiger partial charge in [0.25, 0.3) is 0 Å². The first-order valence-corrected chi connectivity index (χ1v) is 5.47. The van der Waals surface area contributed by atoms with Gasteiger partial charge in [-0.2, -0.15) is 10.2 Å². The minimum atomic E-state index is 0.201. The van der Waals surface area contributed by atoms with Crippen LogP contribution in [0.15, 0.2) is 24.7 Å². The SMILES string of the molecule is CC(Nc1cnn(C(C)C)c1)c1ccn[nH]1. The number of aromatic nitrogens is 4. The van der Waals surface area contributed by atoms with Crippen LogP contribution in [0.25, 0.3) is 0 Å². The fourth-order valence-corrected chi connectivity index (χ4v) is 1.53. The van der Waals surface area contributed by atoms with Crippen LogP contribution in [0.1, 0.15) is 38.5 Å². The Hall–Kier alpha value is -1.78. The van der Waals surface area contributed by atoms with E-state index in [4.69, 9.17) is 0 Å². The van der Waals surface area contributed by atoms with E-state index < -0.39 is 0 Å². The van der Waals surface area contributed by atoms with Gasteiger partial charge >= 0.3 is 0 Å². The van der Waals surface area contributed by atoms with E-state index in [0.717, 1.165) is 11.4 Å². The number of aromatic amines is 1. The minimum absolute atomic E-state index is 0.201. The van der Waals surface area contributed by atoms with Crippen molar-refractivity contribution < 1.29 is 0 Å². The summed E-state index contributed by atoms with van der Waals surface area (Å²) in [5.74, 6) is 0. The first kappa shape index (κ1) is 10.7. The molecule has 0 aliphatic heterocycles. The number of rotatable bonds is 4. The highest BCUT2D eigenvalue weighted by Gasteiger charge is 2.08. The predicted molar refractivity (Wildman–Crippen MR) is 63.2 cm³/mol. The Kier molecular flexibility index (Phi) is 2.94. The third kappa shape index (κ3) is 2.24. The quantitative estimate of drug-likeness (QED) is 0.830. The molecule has 0 spiro atoms. The third-order valence-electron chi connectivity index (χ3n) is 2.50. The lowest BCUT2D eigenvalue weighted by Crippen LogP contribution is -2.06. The molecule has 0 aliphatic rings. The fourth-order valence-electron chi connectivity index (χ4n) is 1.53. The zero-order valence-electron chi connectivity index (χ0n) is 9.81. The van der Waals surface area contributed by atoms with Gasteiger partial charge in [-0.15, -0.1) is 0 Å². The molecule has 0 saturated heterocycles. The Labute approximate surface area is 94.9 Å². The molecule has 2 N–H and O–H groups in total. The molecule has 0 bridgehead atoms. The maximum Gasteiger partial charge on any atom is 0.0731 e. The molecule has 5 nitrogen and oxygen atoms in total. The Morgan fingerprint density at radius 3 is 2.75 bits per heavy atom. The molecule has 0 radical (unpaired) electrons. The highest BCUT2D eigenvalue weighted by molar-refractivity contribution is 5.40. The number of nitrogens with one attached hydrogen (secondary N) is 2. The number of nitrogens with zero attached hydrogens (tertiary/aromatic N) is 3. The molecule has 2 aromatic rings. The van der Waals surface area contributed by atoms with Crippen molar-refractivity contribution in [2.45, 2.75) is 32.9 Å². The van der Waals surface area contributed by atoms with Crippen molar-refractivity contribution in [1.29, 1.82) is 0 Å². The summed E-state index contributed by atoms with van der Waals surface area (Å²) in [5, 5.41) is 14.5. The lowest BCUT2D eigenvalue weighted by Gasteiger charge is -2.11. The molecular weight excluding hydrogens is 202 g/mol. The van der Waals surface area contributed by atoms with Crippen molar-refractivity contribution in [3.05, 3.63) is 30.4 Å². The van der Waals surface area contributed by atoms with Gasteiger partial charge in [0.15, 0.2) is 0 Å². The Morgan fingerprint density at radius 1 is 1.38 bits per heavy atom. The van der Waals surface area contributed by atoms with Crippen LogP contribution >= 0.6 is 0 Å². The molecule has 0 saturated carbocycles. The average molecular weight is 219 g/mol. The van der Waals surface area contributed by atoms with E-state index in [9.17, 15) is 0 Å². The monoisotopic (exact) mass is 219 g/mol. The van der Waals surface area contributed by atoms with Gasteiger partial charge in [0.2, 0.25) is 0 Å². The molecule has 2 aromatic heterocycles. The van der Waals surface area contributed by atoms with E-state index in [2.05, 4.69) is 41.4 Å². The highest BCUT2D eigenvalue weighted by atomic mass is 15.3. The number of H-pyrrole nitrogens is 1. The molecule has 1 atom stereocenters. The summed E-state index contributed by atoms with van der Waals surface area (Å²) >= 11 is 0. The van der Waals surface area contributed by atoms with Crippen molar-refractivity contribution in [3.8, 4) is 0 Å². The van der Waals surface area contributed by atoms with E-state index in [1.54, 1.807) is 6.20 Å². The molecule has 0 fully saturated rings. The maximum absolute atomic E-state index is 4.28. The summed E-state index contributed by atoms with van der Waals surface area (Å²) in [6, 6.07) is 2.55. The molecule has 0 aromatic carbocycles. The van der Waals surface area contributed by atoms with Crippen LogP contribution < -0.4 is 5.32 Å². The van der Waals surface area contributed by atoms with Crippen LogP contribution in [0.4, 0.5) is 5.69 Å². The molecule has 16 heavy (non-hydrogen) atoms. The van der Waals surface area contributed by atoms with Gasteiger partial charge in [-0.05, 0) is 26.8 Å². The first-order valence-electron chi connectivity index (χ1n) is 5.47. The van der Waals surface area contributed by atoms with Crippen molar-refractivity contribution >= 4 is 5.69 Å². The number of hydrogen-bond donors (Lipinski definition) is 2. The lowest BCUT2D eigenvalue weighted by molar-refractivity contribution is 0.532. The van der Waals surface area contributed by atoms with Crippen molar-refractivity contribution in [3.63, 3.8) is 0 Å². The van der Waals surface area contributed by atoms with E-state index in [0.29, 0.717) is 6.04 Å². The second-order valence-corrected chi connectivity index (χ2v) is 4.18. The van der Waals surface area contributed by atoms with Gasteiger partial charge in [-0.3, -0.25) is 9.78 Å². The van der Waals surface area contributed by atoms with Gasteiger partial charge in [0, 0.05) is 18.4 Å². The van der Waals surface area contributed by atoms with Crippen LogP contribution in [0, 0.1) is 0 Å². The zero-order chi connectivity index (χ0) is 11.5. The van der Waals surface area contributed by atoms with Crippen molar-refractivity contribution in [2.24, 2.45) is 0 Å². The summed E-state index contributed by atoms with van der Waals surface area (Å²) in [4.78, 5) is 0. The summed E-state index contributed by atoms with van der Waals surface area (Å²) in [7, 11) is 0. The van der Waals surface area contributed by atoms with Gasteiger partial charge in [-0.1, -0.05) is 0 Å². The largest absolute Gasteiger partial charge is 0.374 e. The number of hydrogen-bond acceptors (Lipinski definition) is 3. The van der Waals surface area contributed by atoms with Crippen LogP contribution in [0.3, 0.4) is 0 Å². The molecular formula is C11H17N5. The normalized spacial score (nSPS) is 13.0. The maximum atomic E-state index is 4.28. The molecule has 5 heteroatoms. The predicted octanol–water partition coefficient (Wildman–Crippen LogP) is 2.36. The van der Waals surface area contributed by atoms with E-state index in [1.807, 2.05) is 23.1 Å². The fraction of sp³-hybridized carbons (Fsp3) is 0.455. The molecule has 2 rings (SSSR count). The van der Waals surface area contributed by atoms with Crippen molar-refractivity contribution in [2.75, 3.05) is 5.32 Å². The highest BCUT2D eigenvalue weighted by Crippen LogP contribution is 2.17. The standard InChI is InChI=1S/C11H17N5/c1-8(2)16-7-10(6-13-16)14-9(3)11-4-5-12-15-11/h4-9,14H,1-3H3,(H,12,15). The van der Waals surface area contributed by atoms with E-state index in [1.165, 1.54) is 0 Å². The van der Waals surface area contributed by atoms with E-state index in [-0.39, 0.29) is 6.04 Å². The summed E-state index contributed by atoms with van der Waals surface area (Å²) in [6.07, 6.45) is 5.61. The Bertz CT molecular complexity index is 429. The summed E-state index contributed by atoms with van der Waals surface area (Å²) in [5.41, 5.74) is 2.09. The van der Waals surface area contributed by atoms with Crippen molar-refractivity contribution in [1.82, 2.24) is 20.0 Å². The molecule has 0 amide bonds. The summed E-state index contributed by atoms with van der Waals surface area (Å²) < 4.78 is 1.93. The smallest absolute Gasteiger partial charge is 0.0731 e. The van der Waals surface area contributed by atoms with Crippen LogP contribution in [0.2, 0.25) is 0 Å². The summed E-state index contributed by atoms with van der Waals surface area (Å²) in [6.45, 7) is 6.30. The van der Waals surface area contributed by atoms with E-state index >= 15 is 0 Å². The second kappa shape index (κ2) is 4.38. The van der Waals surface area contributed by atoms with Gasteiger partial charge < -0.3 is 5.32 Å². The first-order chi connectivity index (χ1) is 7.66. The molecule has 1 unspecified atom stereocenters. The minimum Gasteiger partial charge on any atom is -0.374 e. The van der Waals surface area contributed by atoms with Crippen LogP contribution in [-0.4, -0.2) is 20.0 Å². The van der Waals surface area contributed by atoms with Crippen LogP contribution in [0.5, 0.6) is 0 Å². The van der Waals surface area contributed by atoms with Gasteiger partial charge in [0.1, 0.15) is 0 Å². The molecule has 0 aliphatic carbocycles. The van der Waals surface area contributed by atoms with Gasteiger partial charge in [0.05, 0.1) is 23.6 Å². The third-order valence-corrected chi connectivity index (χ3v) is 2.50. The zero-order valence-corrected chi connectivity index (χ0v) is 9.81. The molecule has 2 heterocycles. The lowest BCUT2D eigenvalue weighted by atomic mass is 10.2.